The Morgan fingerprint density at radius 1 is 1.29 bits per heavy atom. The number of nitrogens with one attached hydrogen (secondary N) is 1. The van der Waals surface area contributed by atoms with Crippen molar-refractivity contribution in [3.05, 3.63) is 58.7 Å². The summed E-state index contributed by atoms with van der Waals surface area (Å²) in [5, 5.41) is 2.90. The third-order valence-corrected chi connectivity index (χ3v) is 4.01. The van der Waals surface area contributed by atoms with Crippen LogP contribution in [0.5, 0.6) is 0 Å². The SMILES string of the molecule is Cc1cc(C(=O)NCc2ccc(F)cc2)c(C)n1C1CC1. The van der Waals surface area contributed by atoms with Gasteiger partial charge in [0.25, 0.3) is 5.91 Å². The van der Waals surface area contributed by atoms with E-state index in [9.17, 15) is 9.18 Å². The molecule has 0 unspecified atom stereocenters. The van der Waals surface area contributed by atoms with Gasteiger partial charge in [-0.2, -0.15) is 0 Å². The van der Waals surface area contributed by atoms with Crippen molar-refractivity contribution in [2.45, 2.75) is 39.3 Å². The van der Waals surface area contributed by atoms with Crippen LogP contribution in [0.1, 0.15) is 46.2 Å². The number of hydrogen-bond donors (Lipinski definition) is 1. The number of carbonyl (C=O) groups excluding carboxylic acids is 1. The average molecular weight is 286 g/mol. The molecule has 0 aliphatic heterocycles. The minimum Gasteiger partial charge on any atom is -0.348 e. The van der Waals surface area contributed by atoms with Crippen molar-refractivity contribution in [1.29, 1.82) is 0 Å². The highest BCUT2D eigenvalue weighted by molar-refractivity contribution is 5.95. The number of benzene rings is 1. The molecule has 0 bridgehead atoms. The number of carbonyl (C=O) groups is 1. The summed E-state index contributed by atoms with van der Waals surface area (Å²) in [6.45, 7) is 4.45. The van der Waals surface area contributed by atoms with Crippen molar-refractivity contribution in [3.8, 4) is 0 Å². The Morgan fingerprint density at radius 3 is 2.57 bits per heavy atom. The van der Waals surface area contributed by atoms with Crippen molar-refractivity contribution >= 4 is 5.91 Å². The van der Waals surface area contributed by atoms with Crippen molar-refractivity contribution < 1.29 is 9.18 Å². The topological polar surface area (TPSA) is 34.0 Å². The van der Waals surface area contributed by atoms with E-state index in [1.807, 2.05) is 19.9 Å². The quantitative estimate of drug-likeness (QED) is 0.917. The van der Waals surface area contributed by atoms with Crippen LogP contribution < -0.4 is 5.32 Å². The highest BCUT2D eigenvalue weighted by Crippen LogP contribution is 2.38. The maximum atomic E-state index is 12.8. The van der Waals surface area contributed by atoms with Gasteiger partial charge in [-0.15, -0.1) is 0 Å². The van der Waals surface area contributed by atoms with Crippen LogP contribution in [0.2, 0.25) is 0 Å². The van der Waals surface area contributed by atoms with E-state index in [0.717, 1.165) is 22.5 Å². The lowest BCUT2D eigenvalue weighted by atomic mass is 10.2. The van der Waals surface area contributed by atoms with Gasteiger partial charge in [0.2, 0.25) is 0 Å². The largest absolute Gasteiger partial charge is 0.348 e. The molecule has 21 heavy (non-hydrogen) atoms. The Bertz CT molecular complexity index is 669. The molecule has 1 aromatic heterocycles. The zero-order chi connectivity index (χ0) is 15.0. The Labute approximate surface area is 123 Å². The van der Waals surface area contributed by atoms with Gasteiger partial charge in [0, 0.05) is 24.0 Å². The first-order valence-electron chi connectivity index (χ1n) is 7.27. The minimum atomic E-state index is -0.266. The monoisotopic (exact) mass is 286 g/mol. The zero-order valence-electron chi connectivity index (χ0n) is 12.3. The van der Waals surface area contributed by atoms with E-state index in [0.29, 0.717) is 12.6 Å². The second-order valence-electron chi connectivity index (χ2n) is 5.70. The smallest absolute Gasteiger partial charge is 0.253 e. The fraction of sp³-hybridized carbons (Fsp3) is 0.353. The third-order valence-electron chi connectivity index (χ3n) is 4.01. The number of nitrogens with zero attached hydrogens (tertiary/aromatic N) is 1. The highest BCUT2D eigenvalue weighted by Gasteiger charge is 2.28. The normalized spacial score (nSPS) is 14.2. The number of aromatic nitrogens is 1. The van der Waals surface area contributed by atoms with Gasteiger partial charge in [-0.25, -0.2) is 4.39 Å². The first-order chi connectivity index (χ1) is 10.1. The predicted molar refractivity (Wildman–Crippen MR) is 79.7 cm³/mol. The lowest BCUT2D eigenvalue weighted by Gasteiger charge is -2.08. The summed E-state index contributed by atoms with van der Waals surface area (Å²) < 4.78 is 15.1. The van der Waals surface area contributed by atoms with Gasteiger partial charge in [0.05, 0.1) is 5.56 Å². The Hall–Kier alpha value is -2.10. The number of halogens is 1. The van der Waals surface area contributed by atoms with Crippen molar-refractivity contribution in [2.75, 3.05) is 0 Å². The van der Waals surface area contributed by atoms with E-state index in [4.69, 9.17) is 0 Å². The Balaban J connectivity index is 1.71. The van der Waals surface area contributed by atoms with E-state index in [1.54, 1.807) is 12.1 Å². The predicted octanol–water partition coefficient (Wildman–Crippen LogP) is 3.51. The van der Waals surface area contributed by atoms with Gasteiger partial charge in [-0.3, -0.25) is 4.79 Å². The maximum Gasteiger partial charge on any atom is 0.253 e. The molecule has 110 valence electrons. The second kappa shape index (κ2) is 5.35. The average Bonchev–Trinajstić information content (AvgIpc) is 3.24. The molecule has 1 aliphatic rings. The van der Waals surface area contributed by atoms with E-state index in [2.05, 4.69) is 9.88 Å². The van der Waals surface area contributed by atoms with Crippen molar-refractivity contribution in [1.82, 2.24) is 9.88 Å². The molecule has 1 N–H and O–H groups in total. The number of aryl methyl sites for hydroxylation is 1. The van der Waals surface area contributed by atoms with Crippen LogP contribution >= 0.6 is 0 Å². The molecule has 1 aromatic carbocycles. The number of rotatable bonds is 4. The lowest BCUT2D eigenvalue weighted by molar-refractivity contribution is 0.0950. The van der Waals surface area contributed by atoms with Crippen LogP contribution in [-0.4, -0.2) is 10.5 Å². The van der Waals surface area contributed by atoms with Crippen LogP contribution in [0.4, 0.5) is 4.39 Å². The molecule has 0 spiro atoms. The van der Waals surface area contributed by atoms with Gasteiger partial charge in [-0.05, 0) is 50.5 Å². The first kappa shape index (κ1) is 13.9. The summed E-state index contributed by atoms with van der Waals surface area (Å²) in [7, 11) is 0. The molecule has 2 aromatic rings. The van der Waals surface area contributed by atoms with Gasteiger partial charge in [0.15, 0.2) is 0 Å². The zero-order valence-corrected chi connectivity index (χ0v) is 12.3. The van der Waals surface area contributed by atoms with E-state index >= 15 is 0 Å². The molecular formula is C17H19FN2O. The van der Waals surface area contributed by atoms with Crippen molar-refractivity contribution in [3.63, 3.8) is 0 Å². The van der Waals surface area contributed by atoms with E-state index < -0.39 is 0 Å². The van der Waals surface area contributed by atoms with Gasteiger partial charge < -0.3 is 9.88 Å². The summed E-state index contributed by atoms with van der Waals surface area (Å²) >= 11 is 0. The molecule has 3 rings (SSSR count). The van der Waals surface area contributed by atoms with E-state index in [-0.39, 0.29) is 11.7 Å². The summed E-state index contributed by atoms with van der Waals surface area (Å²) in [4.78, 5) is 12.3. The molecule has 3 nitrogen and oxygen atoms in total. The number of amides is 1. The number of hydrogen-bond acceptors (Lipinski definition) is 1. The fourth-order valence-electron chi connectivity index (χ4n) is 2.78. The Morgan fingerprint density at radius 2 is 1.95 bits per heavy atom. The lowest BCUT2D eigenvalue weighted by Crippen LogP contribution is -2.23. The van der Waals surface area contributed by atoms with Gasteiger partial charge in [0.1, 0.15) is 5.82 Å². The van der Waals surface area contributed by atoms with Gasteiger partial charge in [-0.1, -0.05) is 12.1 Å². The second-order valence-corrected chi connectivity index (χ2v) is 5.70. The molecule has 1 heterocycles. The molecule has 1 aliphatic carbocycles. The first-order valence-corrected chi connectivity index (χ1v) is 7.27. The highest BCUT2D eigenvalue weighted by atomic mass is 19.1. The molecule has 1 saturated carbocycles. The molecule has 1 fully saturated rings. The summed E-state index contributed by atoms with van der Waals surface area (Å²) in [5.74, 6) is -0.336. The third kappa shape index (κ3) is 2.84. The molecule has 1 amide bonds. The van der Waals surface area contributed by atoms with Crippen LogP contribution in [0.3, 0.4) is 0 Å². The Kier molecular flexibility index (Phi) is 3.53. The van der Waals surface area contributed by atoms with Crippen LogP contribution in [0.15, 0.2) is 30.3 Å². The molecule has 0 atom stereocenters. The minimum absolute atomic E-state index is 0.0701. The maximum absolute atomic E-state index is 12.8. The standard InChI is InChI=1S/C17H19FN2O/c1-11-9-16(12(2)20(11)15-7-8-15)17(21)19-10-13-3-5-14(18)6-4-13/h3-6,9,15H,7-8,10H2,1-2H3,(H,19,21). The van der Waals surface area contributed by atoms with Gasteiger partial charge >= 0.3 is 0 Å². The molecular weight excluding hydrogens is 267 g/mol. The van der Waals surface area contributed by atoms with Crippen LogP contribution in [0.25, 0.3) is 0 Å². The fourth-order valence-corrected chi connectivity index (χ4v) is 2.78. The molecule has 0 saturated heterocycles. The summed E-state index contributed by atoms with van der Waals surface area (Å²) in [5.41, 5.74) is 3.80. The summed E-state index contributed by atoms with van der Waals surface area (Å²) in [6.07, 6.45) is 2.40. The molecule has 4 heteroatoms. The van der Waals surface area contributed by atoms with Crippen LogP contribution in [0, 0.1) is 19.7 Å². The molecule has 0 radical (unpaired) electrons. The summed E-state index contributed by atoms with van der Waals surface area (Å²) in [6, 6.07) is 8.70. The van der Waals surface area contributed by atoms with Crippen molar-refractivity contribution in [2.24, 2.45) is 0 Å². The van der Waals surface area contributed by atoms with E-state index in [1.165, 1.54) is 25.0 Å². The van der Waals surface area contributed by atoms with Crippen LogP contribution in [-0.2, 0) is 6.54 Å².